The van der Waals surface area contributed by atoms with Crippen LogP contribution in [0.25, 0.3) is 0 Å². The molecule has 0 radical (unpaired) electrons. The lowest BCUT2D eigenvalue weighted by Gasteiger charge is -2.23. The van der Waals surface area contributed by atoms with Crippen LogP contribution in [0.15, 0.2) is 12.1 Å². The van der Waals surface area contributed by atoms with E-state index in [9.17, 15) is 4.79 Å². The van der Waals surface area contributed by atoms with E-state index in [1.165, 1.54) is 26.2 Å². The standard InChI is InChI=1S/C14H21NO6/c1-15(10(8-16)14(17)18)7-9-5-11(19-2)13(21-4)12(6-9)20-3/h5-6,10,16H,7-8H2,1-4H3,(H,17,18)/t10-/m0/s1. The SMILES string of the molecule is COc1cc(CN(C)[C@@H](CO)C(=O)O)cc(OC)c1OC. The van der Waals surface area contributed by atoms with Gasteiger partial charge in [0.2, 0.25) is 5.75 Å². The third-order valence-corrected chi connectivity index (χ3v) is 3.15. The van der Waals surface area contributed by atoms with Crippen molar-refractivity contribution in [3.05, 3.63) is 17.7 Å². The molecule has 7 nitrogen and oxygen atoms in total. The Bertz CT molecular complexity index is 465. The van der Waals surface area contributed by atoms with Gasteiger partial charge in [0.25, 0.3) is 0 Å². The first kappa shape index (κ1) is 17.1. The second-order valence-electron chi connectivity index (χ2n) is 4.49. The Morgan fingerprint density at radius 1 is 1.19 bits per heavy atom. The van der Waals surface area contributed by atoms with Crippen LogP contribution >= 0.6 is 0 Å². The molecule has 0 aromatic heterocycles. The lowest BCUT2D eigenvalue weighted by molar-refractivity contribution is -0.144. The van der Waals surface area contributed by atoms with Crippen molar-refractivity contribution in [3.8, 4) is 17.2 Å². The first-order valence-corrected chi connectivity index (χ1v) is 6.31. The van der Waals surface area contributed by atoms with Gasteiger partial charge in [0.1, 0.15) is 6.04 Å². The molecule has 0 amide bonds. The number of carboxylic acid groups (broad SMARTS) is 1. The summed E-state index contributed by atoms with van der Waals surface area (Å²) < 4.78 is 15.7. The van der Waals surface area contributed by atoms with Gasteiger partial charge >= 0.3 is 5.97 Å². The molecule has 2 N–H and O–H groups in total. The number of hydrogen-bond acceptors (Lipinski definition) is 6. The normalized spacial score (nSPS) is 12.1. The van der Waals surface area contributed by atoms with Gasteiger partial charge in [-0.3, -0.25) is 9.69 Å². The second-order valence-corrected chi connectivity index (χ2v) is 4.49. The second kappa shape index (κ2) is 7.70. The van der Waals surface area contributed by atoms with E-state index in [2.05, 4.69) is 0 Å². The van der Waals surface area contributed by atoms with Gasteiger partial charge in [-0.2, -0.15) is 0 Å². The van der Waals surface area contributed by atoms with Crippen LogP contribution in [0.1, 0.15) is 5.56 Å². The van der Waals surface area contributed by atoms with Gasteiger partial charge in [0, 0.05) is 6.54 Å². The van der Waals surface area contributed by atoms with E-state index in [-0.39, 0.29) is 0 Å². The number of carboxylic acids is 1. The van der Waals surface area contributed by atoms with Crippen LogP contribution in [0.4, 0.5) is 0 Å². The Hall–Kier alpha value is -1.99. The monoisotopic (exact) mass is 299 g/mol. The largest absolute Gasteiger partial charge is 0.493 e. The van der Waals surface area contributed by atoms with E-state index >= 15 is 0 Å². The van der Waals surface area contributed by atoms with Crippen molar-refractivity contribution in [2.75, 3.05) is 35.0 Å². The summed E-state index contributed by atoms with van der Waals surface area (Å²) in [6.07, 6.45) is 0. The van der Waals surface area contributed by atoms with Gasteiger partial charge in [0.15, 0.2) is 11.5 Å². The molecule has 0 bridgehead atoms. The van der Waals surface area contributed by atoms with Gasteiger partial charge in [-0.15, -0.1) is 0 Å². The average Bonchev–Trinajstić information content (AvgIpc) is 2.46. The molecule has 1 aromatic rings. The van der Waals surface area contributed by atoms with Crippen LogP contribution in [0, 0.1) is 0 Å². The van der Waals surface area contributed by atoms with Crippen LogP contribution in [0.5, 0.6) is 17.2 Å². The lowest BCUT2D eigenvalue weighted by Crippen LogP contribution is -2.40. The molecule has 0 aliphatic rings. The molecule has 0 saturated carbocycles. The topological polar surface area (TPSA) is 88.5 Å². The molecule has 118 valence electrons. The molecular weight excluding hydrogens is 278 g/mol. The molecule has 1 rings (SSSR count). The Morgan fingerprint density at radius 2 is 1.71 bits per heavy atom. The number of likely N-dealkylation sites (N-methyl/N-ethyl adjacent to an activating group) is 1. The molecule has 0 unspecified atom stereocenters. The van der Waals surface area contributed by atoms with Crippen molar-refractivity contribution in [3.63, 3.8) is 0 Å². The molecule has 0 fully saturated rings. The quantitative estimate of drug-likeness (QED) is 0.726. The number of aliphatic hydroxyl groups excluding tert-OH is 1. The zero-order chi connectivity index (χ0) is 16.0. The molecule has 1 aromatic carbocycles. The summed E-state index contributed by atoms with van der Waals surface area (Å²) in [5, 5.41) is 18.2. The van der Waals surface area contributed by atoms with Gasteiger partial charge in [0.05, 0.1) is 27.9 Å². The fraction of sp³-hybridized carbons (Fsp3) is 0.500. The fourth-order valence-electron chi connectivity index (χ4n) is 2.03. The van der Waals surface area contributed by atoms with Crippen molar-refractivity contribution in [1.29, 1.82) is 0 Å². The average molecular weight is 299 g/mol. The predicted octanol–water partition coefficient (Wildman–Crippen LogP) is 0.590. The maximum absolute atomic E-state index is 11.0. The van der Waals surface area contributed by atoms with Crippen molar-refractivity contribution in [2.45, 2.75) is 12.6 Å². The number of aliphatic carboxylic acids is 1. The maximum atomic E-state index is 11.0. The minimum absolute atomic E-state index is 0.314. The van der Waals surface area contributed by atoms with E-state index in [4.69, 9.17) is 24.4 Å². The molecule has 7 heteroatoms. The van der Waals surface area contributed by atoms with Crippen LogP contribution in [-0.4, -0.2) is 62.1 Å². The molecule has 0 aliphatic carbocycles. The Morgan fingerprint density at radius 3 is 2.05 bits per heavy atom. The van der Waals surface area contributed by atoms with Crippen molar-refractivity contribution in [2.24, 2.45) is 0 Å². The highest BCUT2D eigenvalue weighted by Crippen LogP contribution is 2.38. The zero-order valence-corrected chi connectivity index (χ0v) is 12.6. The van der Waals surface area contributed by atoms with E-state index in [1.807, 2.05) is 0 Å². The number of hydrogen-bond donors (Lipinski definition) is 2. The summed E-state index contributed by atoms with van der Waals surface area (Å²) >= 11 is 0. The van der Waals surface area contributed by atoms with Crippen molar-refractivity contribution < 1.29 is 29.2 Å². The van der Waals surface area contributed by atoms with Gasteiger partial charge in [-0.25, -0.2) is 0 Å². The summed E-state index contributed by atoms with van der Waals surface area (Å²) in [7, 11) is 6.16. The molecule has 0 heterocycles. The smallest absolute Gasteiger partial charge is 0.323 e. The van der Waals surface area contributed by atoms with E-state index in [0.29, 0.717) is 23.8 Å². The number of methoxy groups -OCH3 is 3. The molecular formula is C14H21NO6. The summed E-state index contributed by atoms with van der Waals surface area (Å²) in [5.74, 6) is 0.392. The van der Waals surface area contributed by atoms with Crippen molar-refractivity contribution in [1.82, 2.24) is 4.90 Å². The molecule has 1 atom stereocenters. The minimum Gasteiger partial charge on any atom is -0.493 e. The molecule has 0 spiro atoms. The third-order valence-electron chi connectivity index (χ3n) is 3.15. The molecule has 0 aliphatic heterocycles. The number of nitrogens with zero attached hydrogens (tertiary/aromatic N) is 1. The summed E-state index contributed by atoms with van der Waals surface area (Å²) in [6.45, 7) is -0.148. The van der Waals surface area contributed by atoms with E-state index in [0.717, 1.165) is 5.56 Å². The highest BCUT2D eigenvalue weighted by atomic mass is 16.5. The summed E-state index contributed by atoms with van der Waals surface area (Å²) in [4.78, 5) is 12.6. The maximum Gasteiger partial charge on any atom is 0.323 e. The van der Waals surface area contributed by atoms with Crippen molar-refractivity contribution >= 4 is 5.97 Å². The van der Waals surface area contributed by atoms with Gasteiger partial charge < -0.3 is 24.4 Å². The minimum atomic E-state index is -1.08. The zero-order valence-electron chi connectivity index (χ0n) is 12.6. The Balaban J connectivity index is 3.06. The molecule has 21 heavy (non-hydrogen) atoms. The van der Waals surface area contributed by atoms with E-state index < -0.39 is 18.6 Å². The highest BCUT2D eigenvalue weighted by molar-refractivity contribution is 5.73. The Kier molecular flexibility index (Phi) is 6.26. The van der Waals surface area contributed by atoms with Crippen LogP contribution in [0.3, 0.4) is 0 Å². The summed E-state index contributed by atoms with van der Waals surface area (Å²) in [5.41, 5.74) is 0.784. The van der Waals surface area contributed by atoms with Crippen LogP contribution in [-0.2, 0) is 11.3 Å². The number of benzene rings is 1. The highest BCUT2D eigenvalue weighted by Gasteiger charge is 2.22. The van der Waals surface area contributed by atoms with E-state index in [1.54, 1.807) is 19.2 Å². The number of ether oxygens (including phenoxy) is 3. The number of aliphatic hydroxyl groups is 1. The van der Waals surface area contributed by atoms with Gasteiger partial charge in [-0.1, -0.05) is 0 Å². The first-order chi connectivity index (χ1) is 9.98. The Labute approximate surface area is 123 Å². The first-order valence-electron chi connectivity index (χ1n) is 6.31. The van der Waals surface area contributed by atoms with Gasteiger partial charge in [-0.05, 0) is 24.7 Å². The lowest BCUT2D eigenvalue weighted by atomic mass is 10.1. The number of carbonyl (C=O) groups is 1. The fourth-order valence-corrected chi connectivity index (χ4v) is 2.03. The van der Waals surface area contributed by atoms with Crippen LogP contribution < -0.4 is 14.2 Å². The van der Waals surface area contributed by atoms with Crippen LogP contribution in [0.2, 0.25) is 0 Å². The summed E-state index contributed by atoms with van der Waals surface area (Å²) in [6, 6.07) is 2.52. The molecule has 0 saturated heterocycles. The number of rotatable bonds is 8. The predicted molar refractivity (Wildman–Crippen MR) is 76.1 cm³/mol. The third kappa shape index (κ3) is 3.99.